The zero-order valence-electron chi connectivity index (χ0n) is 16.7. The lowest BCUT2D eigenvalue weighted by Crippen LogP contribution is -2.43. The van der Waals surface area contributed by atoms with Gasteiger partial charge in [0.05, 0.1) is 0 Å². The van der Waals surface area contributed by atoms with Crippen LogP contribution in [0.5, 0.6) is 11.5 Å². The number of nitrogens with zero attached hydrogens (tertiary/aromatic N) is 1. The summed E-state index contributed by atoms with van der Waals surface area (Å²) < 4.78 is 11.8. The molecule has 2 fully saturated rings. The zero-order chi connectivity index (χ0) is 18.3. The van der Waals surface area contributed by atoms with Crippen LogP contribution in [0.15, 0.2) is 24.3 Å². The normalized spacial score (nSPS) is 25.3. The molecule has 4 rings (SSSR count). The summed E-state index contributed by atoms with van der Waals surface area (Å²) in [6.07, 6.45) is 11.6. The van der Waals surface area contributed by atoms with Crippen LogP contribution in [0.2, 0.25) is 0 Å². The van der Waals surface area contributed by atoms with Gasteiger partial charge in [0.25, 0.3) is 0 Å². The average Bonchev–Trinajstić information content (AvgIpc) is 2.98. The maximum atomic E-state index is 6.04. The Hall–Kier alpha value is -1.26. The largest absolute Gasteiger partial charge is 0.486 e. The van der Waals surface area contributed by atoms with Gasteiger partial charge in [0.2, 0.25) is 0 Å². The molecule has 0 amide bonds. The predicted octanol–water partition coefficient (Wildman–Crippen LogP) is 4.10. The van der Waals surface area contributed by atoms with Gasteiger partial charge in [0, 0.05) is 13.1 Å². The molecular weight excluding hydrogens is 336 g/mol. The molecule has 1 unspecified atom stereocenters. The minimum absolute atomic E-state index is 0.121. The van der Waals surface area contributed by atoms with Gasteiger partial charge in [-0.05, 0) is 69.3 Å². The lowest BCUT2D eigenvalue weighted by molar-refractivity contribution is 0.0878. The molecule has 2 heterocycles. The second kappa shape index (κ2) is 9.79. The van der Waals surface area contributed by atoms with Crippen molar-refractivity contribution < 1.29 is 9.47 Å². The SMILES string of the molecule is c1ccc2c(c1)OCC(CNCC1CCN(CC3CCCCCC3)CC1)O2. The first-order valence-corrected chi connectivity index (χ1v) is 11.2. The second-order valence-electron chi connectivity index (χ2n) is 8.76. The smallest absolute Gasteiger partial charge is 0.161 e. The van der Waals surface area contributed by atoms with Crippen LogP contribution in [0.1, 0.15) is 51.4 Å². The van der Waals surface area contributed by atoms with E-state index in [0.29, 0.717) is 6.61 Å². The van der Waals surface area contributed by atoms with Crippen LogP contribution < -0.4 is 14.8 Å². The van der Waals surface area contributed by atoms with E-state index in [1.165, 1.54) is 71.0 Å². The number of likely N-dealkylation sites (tertiary alicyclic amines) is 1. The Balaban J connectivity index is 1.11. The number of rotatable bonds is 6. The number of ether oxygens (including phenoxy) is 2. The van der Waals surface area contributed by atoms with Crippen LogP contribution in [0, 0.1) is 11.8 Å². The van der Waals surface area contributed by atoms with Crippen LogP contribution in [0.25, 0.3) is 0 Å². The van der Waals surface area contributed by atoms with E-state index in [1.54, 1.807) is 0 Å². The molecule has 27 heavy (non-hydrogen) atoms. The van der Waals surface area contributed by atoms with Gasteiger partial charge < -0.3 is 19.7 Å². The van der Waals surface area contributed by atoms with Gasteiger partial charge in [-0.2, -0.15) is 0 Å². The van der Waals surface area contributed by atoms with Crippen molar-refractivity contribution in [3.63, 3.8) is 0 Å². The maximum absolute atomic E-state index is 6.04. The van der Waals surface area contributed by atoms with E-state index in [9.17, 15) is 0 Å². The fourth-order valence-corrected chi connectivity index (χ4v) is 4.90. The third-order valence-electron chi connectivity index (χ3n) is 6.57. The van der Waals surface area contributed by atoms with Crippen molar-refractivity contribution in [3.8, 4) is 11.5 Å². The number of benzene rings is 1. The molecule has 4 heteroatoms. The third kappa shape index (κ3) is 5.61. The minimum atomic E-state index is 0.121. The fraction of sp³-hybridized carbons (Fsp3) is 0.739. The summed E-state index contributed by atoms with van der Waals surface area (Å²) >= 11 is 0. The van der Waals surface area contributed by atoms with Crippen molar-refractivity contribution in [3.05, 3.63) is 24.3 Å². The number of fused-ring (bicyclic) bond motifs is 1. The lowest BCUT2D eigenvalue weighted by Gasteiger charge is -2.34. The van der Waals surface area contributed by atoms with Crippen molar-refractivity contribution in [1.29, 1.82) is 0 Å². The van der Waals surface area contributed by atoms with Gasteiger partial charge in [0.15, 0.2) is 11.5 Å². The first-order valence-electron chi connectivity index (χ1n) is 11.2. The summed E-state index contributed by atoms with van der Waals surface area (Å²) in [5.74, 6) is 3.53. The highest BCUT2D eigenvalue weighted by Gasteiger charge is 2.24. The molecule has 0 spiro atoms. The van der Waals surface area contributed by atoms with Gasteiger partial charge in [-0.15, -0.1) is 0 Å². The summed E-state index contributed by atoms with van der Waals surface area (Å²) in [5, 5.41) is 3.64. The fourth-order valence-electron chi connectivity index (χ4n) is 4.90. The third-order valence-corrected chi connectivity index (χ3v) is 6.57. The van der Waals surface area contributed by atoms with E-state index < -0.39 is 0 Å². The summed E-state index contributed by atoms with van der Waals surface area (Å²) in [6.45, 7) is 6.56. The van der Waals surface area contributed by atoms with Crippen molar-refractivity contribution in [1.82, 2.24) is 10.2 Å². The maximum Gasteiger partial charge on any atom is 0.161 e. The van der Waals surface area contributed by atoms with Gasteiger partial charge in [0.1, 0.15) is 12.7 Å². The van der Waals surface area contributed by atoms with Crippen LogP contribution in [-0.2, 0) is 0 Å². The van der Waals surface area contributed by atoms with Crippen molar-refractivity contribution in [2.75, 3.05) is 39.3 Å². The highest BCUT2D eigenvalue weighted by Crippen LogP contribution is 2.30. The first-order chi connectivity index (χ1) is 13.4. The highest BCUT2D eigenvalue weighted by atomic mass is 16.6. The summed E-state index contributed by atoms with van der Waals surface area (Å²) in [6, 6.07) is 7.96. The molecule has 1 saturated carbocycles. The van der Waals surface area contributed by atoms with Crippen molar-refractivity contribution in [2.45, 2.75) is 57.5 Å². The Morgan fingerprint density at radius 3 is 2.37 bits per heavy atom. The molecule has 4 nitrogen and oxygen atoms in total. The number of piperidine rings is 1. The summed E-state index contributed by atoms with van der Waals surface area (Å²) in [4.78, 5) is 2.74. The van der Waals surface area contributed by atoms with Crippen LogP contribution in [-0.4, -0.2) is 50.3 Å². The van der Waals surface area contributed by atoms with E-state index in [0.717, 1.165) is 36.4 Å². The van der Waals surface area contributed by atoms with E-state index in [2.05, 4.69) is 10.2 Å². The molecule has 1 aromatic rings. The Bertz CT molecular complexity index is 563. The molecule has 1 N–H and O–H groups in total. The average molecular weight is 373 g/mol. The Labute approximate surface area is 164 Å². The van der Waals surface area contributed by atoms with Crippen LogP contribution in [0.4, 0.5) is 0 Å². The molecule has 150 valence electrons. The Morgan fingerprint density at radius 2 is 1.59 bits per heavy atom. The predicted molar refractivity (Wildman–Crippen MR) is 110 cm³/mol. The molecule has 1 aromatic carbocycles. The van der Waals surface area contributed by atoms with E-state index >= 15 is 0 Å². The van der Waals surface area contributed by atoms with Gasteiger partial charge in [-0.3, -0.25) is 0 Å². The van der Waals surface area contributed by atoms with E-state index in [1.807, 2.05) is 24.3 Å². The van der Waals surface area contributed by atoms with Crippen LogP contribution >= 0.6 is 0 Å². The topological polar surface area (TPSA) is 33.7 Å². The number of hydrogen-bond donors (Lipinski definition) is 1. The molecule has 3 aliphatic rings. The number of nitrogens with one attached hydrogen (secondary N) is 1. The minimum Gasteiger partial charge on any atom is -0.486 e. The van der Waals surface area contributed by atoms with E-state index in [4.69, 9.17) is 9.47 Å². The van der Waals surface area contributed by atoms with Gasteiger partial charge >= 0.3 is 0 Å². The van der Waals surface area contributed by atoms with Crippen LogP contribution in [0.3, 0.4) is 0 Å². The number of para-hydroxylation sites is 2. The Kier molecular flexibility index (Phi) is 6.92. The summed E-state index contributed by atoms with van der Waals surface area (Å²) in [5.41, 5.74) is 0. The van der Waals surface area contributed by atoms with Gasteiger partial charge in [-0.1, -0.05) is 37.8 Å². The molecule has 1 atom stereocenters. The molecule has 0 radical (unpaired) electrons. The van der Waals surface area contributed by atoms with Gasteiger partial charge in [-0.25, -0.2) is 0 Å². The standard InChI is InChI=1S/C23H36N2O2/c1-2-4-8-20(7-3-1)17-25-13-11-19(12-14-25)15-24-16-21-18-26-22-9-5-6-10-23(22)27-21/h5-6,9-10,19-21,24H,1-4,7-8,11-18H2. The molecule has 1 aliphatic carbocycles. The van der Waals surface area contributed by atoms with Crippen molar-refractivity contribution >= 4 is 0 Å². The highest BCUT2D eigenvalue weighted by molar-refractivity contribution is 5.40. The Morgan fingerprint density at radius 1 is 0.852 bits per heavy atom. The second-order valence-corrected chi connectivity index (χ2v) is 8.76. The molecule has 2 aliphatic heterocycles. The quantitative estimate of drug-likeness (QED) is 0.763. The van der Waals surface area contributed by atoms with Crippen molar-refractivity contribution in [2.24, 2.45) is 11.8 Å². The number of hydrogen-bond acceptors (Lipinski definition) is 4. The van der Waals surface area contributed by atoms with E-state index in [-0.39, 0.29) is 6.10 Å². The molecule has 0 aromatic heterocycles. The molecule has 1 saturated heterocycles. The molecule has 0 bridgehead atoms. The summed E-state index contributed by atoms with van der Waals surface area (Å²) in [7, 11) is 0. The monoisotopic (exact) mass is 372 g/mol. The zero-order valence-corrected chi connectivity index (χ0v) is 16.7. The first kappa shape index (κ1) is 19.1. The lowest BCUT2D eigenvalue weighted by atomic mass is 9.94. The molecular formula is C23H36N2O2.